The van der Waals surface area contributed by atoms with Gasteiger partial charge in [-0.3, -0.25) is 14.5 Å². The smallest absolute Gasteiger partial charge is 0.381 e. The zero-order chi connectivity index (χ0) is 21.0. The Bertz CT molecular complexity index is 733. The average molecular weight is 413 g/mol. The van der Waals surface area contributed by atoms with Crippen molar-refractivity contribution in [3.05, 3.63) is 35.4 Å². The Morgan fingerprint density at radius 3 is 2.62 bits per heavy atom. The highest BCUT2D eigenvalue weighted by molar-refractivity contribution is 5.88. The van der Waals surface area contributed by atoms with Gasteiger partial charge in [-0.15, -0.1) is 0 Å². The molecule has 9 heteroatoms. The lowest BCUT2D eigenvalue weighted by atomic mass is 10.0. The van der Waals surface area contributed by atoms with Gasteiger partial charge in [-0.2, -0.15) is 13.2 Å². The van der Waals surface area contributed by atoms with Crippen molar-refractivity contribution in [3.63, 3.8) is 0 Å². The number of carbonyl (C=O) groups is 2. The molecule has 3 rings (SSSR count). The minimum atomic E-state index is -4.42. The van der Waals surface area contributed by atoms with Crippen LogP contribution in [0.1, 0.15) is 30.4 Å². The second-order valence-electron chi connectivity index (χ2n) is 7.50. The number of benzene rings is 1. The lowest BCUT2D eigenvalue weighted by Gasteiger charge is -2.37. The number of piperazine rings is 1. The Hall–Kier alpha value is -2.13. The summed E-state index contributed by atoms with van der Waals surface area (Å²) in [6, 6.07) is 4.40. The van der Waals surface area contributed by atoms with Crippen LogP contribution in [0.2, 0.25) is 0 Å². The van der Waals surface area contributed by atoms with Crippen LogP contribution >= 0.6 is 0 Å². The Balaban J connectivity index is 1.66. The third kappa shape index (κ3) is 5.48. The normalized spacial score (nSPS) is 21.9. The predicted molar refractivity (Wildman–Crippen MR) is 99.9 cm³/mol. The van der Waals surface area contributed by atoms with Crippen molar-refractivity contribution in [3.8, 4) is 0 Å². The molecule has 1 aromatic carbocycles. The molecule has 0 bridgehead atoms. The van der Waals surface area contributed by atoms with Gasteiger partial charge in [0.05, 0.1) is 24.1 Å². The van der Waals surface area contributed by atoms with Crippen molar-refractivity contribution >= 4 is 11.8 Å². The molecule has 0 spiro atoms. The number of rotatable bonds is 5. The molecular weight excluding hydrogens is 387 g/mol. The largest absolute Gasteiger partial charge is 0.416 e. The summed E-state index contributed by atoms with van der Waals surface area (Å²) in [6.07, 6.45) is -2.74. The van der Waals surface area contributed by atoms with Gasteiger partial charge < -0.3 is 15.0 Å². The average Bonchev–Trinajstić information content (AvgIpc) is 2.70. The van der Waals surface area contributed by atoms with Gasteiger partial charge in [-0.05, 0) is 24.5 Å². The maximum absolute atomic E-state index is 13.0. The monoisotopic (exact) mass is 413 g/mol. The molecule has 1 aromatic rings. The zero-order valence-corrected chi connectivity index (χ0v) is 16.4. The molecule has 2 aliphatic heterocycles. The molecule has 2 heterocycles. The van der Waals surface area contributed by atoms with Gasteiger partial charge in [0.25, 0.3) is 0 Å². The van der Waals surface area contributed by atoms with Crippen LogP contribution in [0.4, 0.5) is 13.2 Å². The number of methoxy groups -OCH3 is 1. The summed E-state index contributed by atoms with van der Waals surface area (Å²) in [5.41, 5.74) is -0.252. The molecule has 0 saturated carbocycles. The third-order valence-electron chi connectivity index (χ3n) is 5.58. The molecule has 0 aliphatic carbocycles. The van der Waals surface area contributed by atoms with Crippen molar-refractivity contribution in [2.75, 3.05) is 33.3 Å². The molecule has 1 atom stereocenters. The van der Waals surface area contributed by atoms with Crippen LogP contribution in [0.25, 0.3) is 0 Å². The van der Waals surface area contributed by atoms with Gasteiger partial charge >= 0.3 is 6.18 Å². The van der Waals surface area contributed by atoms with Crippen LogP contribution in [0.5, 0.6) is 0 Å². The molecule has 29 heavy (non-hydrogen) atoms. The van der Waals surface area contributed by atoms with Crippen LogP contribution < -0.4 is 5.32 Å². The Morgan fingerprint density at radius 1 is 1.24 bits per heavy atom. The summed E-state index contributed by atoms with van der Waals surface area (Å²) >= 11 is 0. The molecule has 160 valence electrons. The molecule has 1 N–H and O–H groups in total. The van der Waals surface area contributed by atoms with Gasteiger partial charge in [0.1, 0.15) is 0 Å². The standard InChI is InChI=1S/C20H26F3N3O3/c1-29-16-5-8-25(9-6-16)18(27)12-17-19(28)24-7-10-26(17)13-14-3-2-4-15(11-14)20(21,22)23/h2-4,11,16-17H,5-10,12-13H2,1H3,(H,24,28). The zero-order valence-electron chi connectivity index (χ0n) is 16.4. The Labute approximate surface area is 168 Å². The number of likely N-dealkylation sites (tertiary alicyclic amines) is 1. The quantitative estimate of drug-likeness (QED) is 0.803. The maximum atomic E-state index is 13.0. The second kappa shape index (κ2) is 9.13. The number of ether oxygens (including phenoxy) is 1. The number of nitrogens with one attached hydrogen (secondary N) is 1. The fourth-order valence-corrected chi connectivity index (χ4v) is 3.89. The third-order valence-corrected chi connectivity index (χ3v) is 5.58. The van der Waals surface area contributed by atoms with Crippen LogP contribution in [0, 0.1) is 0 Å². The van der Waals surface area contributed by atoms with E-state index in [0.29, 0.717) is 31.7 Å². The van der Waals surface area contributed by atoms with Crippen LogP contribution in [-0.2, 0) is 27.0 Å². The van der Waals surface area contributed by atoms with Crippen LogP contribution in [0.3, 0.4) is 0 Å². The minimum Gasteiger partial charge on any atom is -0.381 e. The number of alkyl halides is 3. The van der Waals surface area contributed by atoms with E-state index in [-0.39, 0.29) is 30.9 Å². The van der Waals surface area contributed by atoms with E-state index in [0.717, 1.165) is 25.0 Å². The molecule has 2 saturated heterocycles. The highest BCUT2D eigenvalue weighted by Crippen LogP contribution is 2.30. The first kappa shape index (κ1) is 21.6. The molecule has 2 fully saturated rings. The van der Waals surface area contributed by atoms with Crippen LogP contribution in [-0.4, -0.2) is 67.0 Å². The molecular formula is C20H26F3N3O3. The number of piperidine rings is 1. The molecule has 2 aliphatic rings. The molecule has 6 nitrogen and oxygen atoms in total. The van der Waals surface area contributed by atoms with Crippen molar-refractivity contribution in [1.82, 2.24) is 15.1 Å². The molecule has 1 unspecified atom stereocenters. The lowest BCUT2D eigenvalue weighted by molar-refractivity contribution is -0.140. The van der Waals surface area contributed by atoms with E-state index in [9.17, 15) is 22.8 Å². The Morgan fingerprint density at radius 2 is 1.97 bits per heavy atom. The SMILES string of the molecule is COC1CCN(C(=O)CC2C(=O)NCCN2Cc2cccc(C(F)(F)F)c2)CC1. The van der Waals surface area contributed by atoms with Gasteiger partial charge in [0, 0.05) is 39.8 Å². The fourth-order valence-electron chi connectivity index (χ4n) is 3.89. The van der Waals surface area contributed by atoms with E-state index in [1.54, 1.807) is 23.0 Å². The van der Waals surface area contributed by atoms with Gasteiger partial charge in [0.2, 0.25) is 11.8 Å². The Kier molecular flexibility index (Phi) is 6.79. The van der Waals surface area contributed by atoms with Crippen molar-refractivity contribution < 1.29 is 27.5 Å². The number of carbonyl (C=O) groups excluding carboxylic acids is 2. The number of hydrogen-bond donors (Lipinski definition) is 1. The van der Waals surface area contributed by atoms with E-state index in [1.165, 1.54) is 6.07 Å². The summed E-state index contributed by atoms with van der Waals surface area (Å²) in [5.74, 6) is -0.376. The van der Waals surface area contributed by atoms with Crippen molar-refractivity contribution in [2.45, 2.75) is 44.1 Å². The van der Waals surface area contributed by atoms with E-state index in [2.05, 4.69) is 5.32 Å². The first-order valence-corrected chi connectivity index (χ1v) is 9.76. The van der Waals surface area contributed by atoms with Crippen molar-refractivity contribution in [1.29, 1.82) is 0 Å². The number of amides is 2. The highest BCUT2D eigenvalue weighted by atomic mass is 19.4. The first-order valence-electron chi connectivity index (χ1n) is 9.76. The number of halogens is 3. The van der Waals surface area contributed by atoms with E-state index in [1.807, 2.05) is 0 Å². The molecule has 2 amide bonds. The predicted octanol–water partition coefficient (Wildman–Crippen LogP) is 2.03. The molecule has 0 aromatic heterocycles. The molecule has 0 radical (unpaired) electrons. The topological polar surface area (TPSA) is 61.9 Å². The van der Waals surface area contributed by atoms with Gasteiger partial charge in [-0.25, -0.2) is 0 Å². The van der Waals surface area contributed by atoms with E-state index >= 15 is 0 Å². The second-order valence-corrected chi connectivity index (χ2v) is 7.50. The van der Waals surface area contributed by atoms with Gasteiger partial charge in [0.15, 0.2) is 0 Å². The summed E-state index contributed by atoms with van der Waals surface area (Å²) in [5, 5.41) is 2.76. The van der Waals surface area contributed by atoms with E-state index in [4.69, 9.17) is 4.74 Å². The lowest BCUT2D eigenvalue weighted by Crippen LogP contribution is -2.56. The summed E-state index contributed by atoms with van der Waals surface area (Å²) < 4.78 is 44.3. The van der Waals surface area contributed by atoms with Crippen molar-refractivity contribution in [2.24, 2.45) is 0 Å². The minimum absolute atomic E-state index is 0.0163. The van der Waals surface area contributed by atoms with Gasteiger partial charge in [-0.1, -0.05) is 18.2 Å². The maximum Gasteiger partial charge on any atom is 0.416 e. The summed E-state index contributed by atoms with van der Waals surface area (Å²) in [6.45, 7) is 2.23. The number of nitrogens with zero attached hydrogens (tertiary/aromatic N) is 2. The summed E-state index contributed by atoms with van der Waals surface area (Å²) in [4.78, 5) is 28.7. The van der Waals surface area contributed by atoms with E-state index < -0.39 is 17.8 Å². The summed E-state index contributed by atoms with van der Waals surface area (Å²) in [7, 11) is 1.65. The highest BCUT2D eigenvalue weighted by Gasteiger charge is 2.35. The fraction of sp³-hybridized carbons (Fsp3) is 0.600. The first-order chi connectivity index (χ1) is 13.8. The number of hydrogen-bond acceptors (Lipinski definition) is 4. The van der Waals surface area contributed by atoms with Crippen LogP contribution in [0.15, 0.2) is 24.3 Å².